The maximum Gasteiger partial charge on any atom is 0.119 e. The number of nitrogens with two attached hydrogens (primary N) is 2. The Morgan fingerprint density at radius 2 is 1.00 bits per heavy atom. The molecule has 0 radical (unpaired) electrons. The van der Waals surface area contributed by atoms with Gasteiger partial charge < -0.3 is 41.8 Å². The minimum Gasteiger partial charge on any atom is -0.491 e. The van der Waals surface area contributed by atoms with Crippen molar-refractivity contribution in [2.75, 3.05) is 39.4 Å². The molecule has 8 heteroatoms. The highest BCUT2D eigenvalue weighted by atomic mass is 16.5. The lowest BCUT2D eigenvalue weighted by molar-refractivity contribution is 0.106. The van der Waals surface area contributed by atoms with Gasteiger partial charge in [-0.25, -0.2) is 0 Å². The number of hydrogen-bond donors (Lipinski definition) is 6. The van der Waals surface area contributed by atoms with E-state index in [4.69, 9.17) is 20.9 Å². The first-order valence-corrected chi connectivity index (χ1v) is 17.4. The fourth-order valence-electron chi connectivity index (χ4n) is 6.71. The van der Waals surface area contributed by atoms with Gasteiger partial charge in [0.15, 0.2) is 0 Å². The second-order valence-electron chi connectivity index (χ2n) is 14.2. The van der Waals surface area contributed by atoms with Crippen LogP contribution in [0.25, 0.3) is 0 Å². The molecular formula is C37H60N4O4. The molecule has 2 saturated carbocycles. The molecule has 2 aromatic rings. The van der Waals surface area contributed by atoms with Crippen LogP contribution in [0.2, 0.25) is 0 Å². The maximum absolute atomic E-state index is 10.4. The molecule has 2 fully saturated rings. The zero-order valence-electron chi connectivity index (χ0n) is 27.8. The molecule has 2 unspecified atom stereocenters. The molecule has 0 spiro atoms. The van der Waals surface area contributed by atoms with Crippen molar-refractivity contribution in [1.29, 1.82) is 0 Å². The third kappa shape index (κ3) is 12.2. The van der Waals surface area contributed by atoms with Crippen LogP contribution in [0.5, 0.6) is 11.5 Å². The summed E-state index contributed by atoms with van der Waals surface area (Å²) in [5.74, 6) is 3.02. The number of hydrogen-bond acceptors (Lipinski definition) is 8. The second kappa shape index (κ2) is 18.2. The molecule has 8 nitrogen and oxygen atoms in total. The summed E-state index contributed by atoms with van der Waals surface area (Å²) in [5, 5.41) is 27.5. The van der Waals surface area contributed by atoms with Gasteiger partial charge in [0.1, 0.15) is 36.9 Å². The number of aliphatic hydroxyl groups is 2. The van der Waals surface area contributed by atoms with Crippen LogP contribution in [-0.4, -0.2) is 73.9 Å². The molecule has 2 atom stereocenters. The highest BCUT2D eigenvalue weighted by Crippen LogP contribution is 2.33. The number of benzene rings is 2. The van der Waals surface area contributed by atoms with Crippen molar-refractivity contribution in [1.82, 2.24) is 10.6 Å². The molecule has 0 heterocycles. The number of rotatable bonds is 18. The Morgan fingerprint density at radius 3 is 1.36 bits per heavy atom. The number of aliphatic hydroxyl groups excluding tert-OH is 2. The lowest BCUT2D eigenvalue weighted by Crippen LogP contribution is -2.33. The number of nitrogens with one attached hydrogen (secondary N) is 2. The summed E-state index contributed by atoms with van der Waals surface area (Å²) < 4.78 is 11.7. The van der Waals surface area contributed by atoms with Crippen LogP contribution in [0, 0.1) is 11.8 Å². The molecule has 8 N–H and O–H groups in total. The van der Waals surface area contributed by atoms with Gasteiger partial charge in [0.25, 0.3) is 0 Å². The van der Waals surface area contributed by atoms with Crippen LogP contribution < -0.4 is 31.6 Å². The van der Waals surface area contributed by atoms with Crippen molar-refractivity contribution in [3.63, 3.8) is 0 Å². The lowest BCUT2D eigenvalue weighted by atomic mass is 9.78. The minimum absolute atomic E-state index is 0.212. The Kier molecular flexibility index (Phi) is 14.4. The first-order valence-electron chi connectivity index (χ1n) is 17.4. The molecule has 0 aromatic heterocycles. The molecular weight excluding hydrogens is 564 g/mol. The monoisotopic (exact) mass is 624 g/mol. The summed E-state index contributed by atoms with van der Waals surface area (Å²) in [6, 6.07) is 17.0. The fourth-order valence-corrected chi connectivity index (χ4v) is 6.71. The fraction of sp³-hybridized carbons (Fsp3) is 0.676. The molecule has 252 valence electrons. The quantitative estimate of drug-likeness (QED) is 0.134. The molecule has 2 aliphatic rings. The van der Waals surface area contributed by atoms with Crippen LogP contribution in [-0.2, 0) is 5.41 Å². The third-order valence-electron chi connectivity index (χ3n) is 10.0. The van der Waals surface area contributed by atoms with E-state index < -0.39 is 12.2 Å². The Balaban J connectivity index is 1.11. The van der Waals surface area contributed by atoms with Gasteiger partial charge >= 0.3 is 0 Å². The van der Waals surface area contributed by atoms with Gasteiger partial charge in [-0.15, -0.1) is 0 Å². The normalized spacial score (nSPS) is 23.8. The van der Waals surface area contributed by atoms with Gasteiger partial charge in [0.05, 0.1) is 0 Å². The topological polar surface area (TPSA) is 135 Å². The van der Waals surface area contributed by atoms with Gasteiger partial charge in [-0.05, 0) is 125 Å². The first kappa shape index (κ1) is 35.7. The van der Waals surface area contributed by atoms with Crippen LogP contribution in [0.4, 0.5) is 0 Å². The molecule has 0 amide bonds. The van der Waals surface area contributed by atoms with E-state index in [9.17, 15) is 10.2 Å². The number of ether oxygens (including phenoxy) is 2. The molecule has 2 aliphatic carbocycles. The van der Waals surface area contributed by atoms with Crippen LogP contribution in [0.3, 0.4) is 0 Å². The van der Waals surface area contributed by atoms with E-state index in [0.717, 1.165) is 74.9 Å². The van der Waals surface area contributed by atoms with E-state index in [1.807, 2.05) is 24.3 Å². The van der Waals surface area contributed by atoms with Gasteiger partial charge in [-0.3, -0.25) is 0 Å². The zero-order chi connectivity index (χ0) is 32.1. The van der Waals surface area contributed by atoms with E-state index >= 15 is 0 Å². The van der Waals surface area contributed by atoms with E-state index in [2.05, 4.69) is 48.7 Å². The first-order chi connectivity index (χ1) is 21.7. The van der Waals surface area contributed by atoms with Crippen molar-refractivity contribution in [2.45, 2.75) is 108 Å². The standard InChI is InChI=1S/C37H60N4O4/c1-37(2,29-7-15-35(16-8-29)44-25-33(42)23-40-21-19-27-3-11-31(38)12-4-27)30-9-17-36(18-10-30)45-26-34(43)24-41-22-20-28-5-13-32(39)14-6-28/h7-10,15-18,27-28,31-34,40-43H,3-6,11-14,19-26,38-39H2,1-2H3. The van der Waals surface area contributed by atoms with Crippen molar-refractivity contribution in [3.05, 3.63) is 59.7 Å². The zero-order valence-corrected chi connectivity index (χ0v) is 27.8. The van der Waals surface area contributed by atoms with Crippen molar-refractivity contribution in [3.8, 4) is 11.5 Å². The summed E-state index contributed by atoms with van der Waals surface area (Å²) in [6.45, 7) is 7.83. The highest BCUT2D eigenvalue weighted by Gasteiger charge is 2.24. The smallest absolute Gasteiger partial charge is 0.119 e. The van der Waals surface area contributed by atoms with E-state index in [1.165, 1.54) is 36.8 Å². The van der Waals surface area contributed by atoms with E-state index in [1.54, 1.807) is 0 Å². The Morgan fingerprint density at radius 1 is 0.644 bits per heavy atom. The van der Waals surface area contributed by atoms with Gasteiger partial charge in [0.2, 0.25) is 0 Å². The summed E-state index contributed by atoms with van der Waals surface area (Å²) in [4.78, 5) is 0. The SMILES string of the molecule is CC(C)(c1ccc(OCC(O)CNCCC2CCC(N)CC2)cc1)c1ccc(OCC(O)CNCCC2CCC(N)CC2)cc1. The molecule has 0 saturated heterocycles. The highest BCUT2D eigenvalue weighted by molar-refractivity contribution is 5.41. The largest absolute Gasteiger partial charge is 0.491 e. The average molecular weight is 625 g/mol. The van der Waals surface area contributed by atoms with Gasteiger partial charge in [-0.1, -0.05) is 38.1 Å². The summed E-state index contributed by atoms with van der Waals surface area (Å²) in [6.07, 6.45) is 10.6. The maximum atomic E-state index is 10.4. The van der Waals surface area contributed by atoms with Crippen molar-refractivity contribution >= 4 is 0 Å². The average Bonchev–Trinajstić information content (AvgIpc) is 3.05. The van der Waals surface area contributed by atoms with Crippen LogP contribution in [0.15, 0.2) is 48.5 Å². The minimum atomic E-state index is -0.550. The van der Waals surface area contributed by atoms with E-state index in [0.29, 0.717) is 25.2 Å². The summed E-state index contributed by atoms with van der Waals surface area (Å²) in [7, 11) is 0. The van der Waals surface area contributed by atoms with Gasteiger partial charge in [-0.2, -0.15) is 0 Å². The summed E-state index contributed by atoms with van der Waals surface area (Å²) in [5.41, 5.74) is 14.1. The Labute approximate surface area is 271 Å². The molecule has 0 bridgehead atoms. The second-order valence-corrected chi connectivity index (χ2v) is 14.2. The van der Waals surface area contributed by atoms with Crippen molar-refractivity contribution < 1.29 is 19.7 Å². The molecule has 45 heavy (non-hydrogen) atoms. The predicted octanol–water partition coefficient (Wildman–Crippen LogP) is 4.49. The third-order valence-corrected chi connectivity index (χ3v) is 10.0. The molecule has 0 aliphatic heterocycles. The lowest BCUT2D eigenvalue weighted by Gasteiger charge is -2.27. The Bertz CT molecular complexity index is 995. The molecule has 2 aromatic carbocycles. The van der Waals surface area contributed by atoms with Crippen molar-refractivity contribution in [2.24, 2.45) is 23.3 Å². The summed E-state index contributed by atoms with van der Waals surface area (Å²) >= 11 is 0. The van der Waals surface area contributed by atoms with Crippen LogP contribution in [0.1, 0.15) is 89.2 Å². The van der Waals surface area contributed by atoms with E-state index in [-0.39, 0.29) is 18.6 Å². The Hall–Kier alpha value is -2.20. The molecule has 4 rings (SSSR count). The van der Waals surface area contributed by atoms with Crippen LogP contribution >= 0.6 is 0 Å². The van der Waals surface area contributed by atoms with Gasteiger partial charge in [0, 0.05) is 30.6 Å². The predicted molar refractivity (Wildman–Crippen MR) is 183 cm³/mol.